The maximum atomic E-state index is 12.4. The first kappa shape index (κ1) is 16.8. The fourth-order valence-corrected chi connectivity index (χ4v) is 3.03. The van der Waals surface area contributed by atoms with E-state index in [1.54, 1.807) is 6.07 Å². The van der Waals surface area contributed by atoms with Crippen molar-refractivity contribution in [3.63, 3.8) is 0 Å². The molecule has 0 unspecified atom stereocenters. The van der Waals surface area contributed by atoms with Crippen molar-refractivity contribution < 1.29 is 26.1 Å². The van der Waals surface area contributed by atoms with Crippen LogP contribution in [0.4, 0.5) is 8.78 Å². The van der Waals surface area contributed by atoms with E-state index in [0.717, 1.165) is 12.1 Å². The Bertz CT molecular complexity index is 964. The predicted molar refractivity (Wildman–Crippen MR) is 80.0 cm³/mol. The Kier molecular flexibility index (Phi) is 4.57. The summed E-state index contributed by atoms with van der Waals surface area (Å²) in [6, 6.07) is 10.9. The molecule has 2 aromatic carbocycles. The van der Waals surface area contributed by atoms with Gasteiger partial charge in [0.25, 0.3) is 0 Å². The maximum Gasteiger partial charge on any atom is 0.387 e. The van der Waals surface area contributed by atoms with Gasteiger partial charge in [-0.25, -0.2) is 4.68 Å². The van der Waals surface area contributed by atoms with Crippen LogP contribution in [0.3, 0.4) is 0 Å². The predicted octanol–water partition coefficient (Wildman–Crippen LogP) is 2.03. The molecule has 3 rings (SSSR count). The second-order valence-electron chi connectivity index (χ2n) is 4.61. The molecule has 130 valence electrons. The van der Waals surface area contributed by atoms with Crippen molar-refractivity contribution in [2.24, 2.45) is 0 Å². The Morgan fingerprint density at radius 1 is 1.08 bits per heavy atom. The molecule has 0 saturated carbocycles. The highest BCUT2D eigenvalue weighted by atomic mass is 32.2. The lowest BCUT2D eigenvalue weighted by atomic mass is 10.3. The van der Waals surface area contributed by atoms with Crippen molar-refractivity contribution >= 4 is 10.1 Å². The van der Waals surface area contributed by atoms with Crippen molar-refractivity contribution in [3.8, 4) is 17.2 Å². The van der Waals surface area contributed by atoms with Crippen LogP contribution >= 0.6 is 0 Å². The summed E-state index contributed by atoms with van der Waals surface area (Å²) in [7, 11) is -4.39. The molecule has 0 aliphatic rings. The van der Waals surface area contributed by atoms with E-state index in [-0.39, 0.29) is 5.75 Å². The zero-order valence-electron chi connectivity index (χ0n) is 12.4. The highest BCUT2D eigenvalue weighted by molar-refractivity contribution is 7.87. The van der Waals surface area contributed by atoms with Gasteiger partial charge in [-0.2, -0.15) is 17.2 Å². The lowest BCUT2D eigenvalue weighted by Crippen LogP contribution is -2.13. The topological polar surface area (TPSA) is 96.2 Å². The fourth-order valence-electron chi connectivity index (χ4n) is 1.98. The average molecular weight is 368 g/mol. The number of tetrazole rings is 1. The van der Waals surface area contributed by atoms with Crippen LogP contribution in [0.25, 0.3) is 5.69 Å². The fraction of sp³-hybridized carbons (Fsp3) is 0.0714. The Morgan fingerprint density at radius 3 is 2.60 bits per heavy atom. The Labute approximate surface area is 140 Å². The molecule has 25 heavy (non-hydrogen) atoms. The number of hydrogen-bond acceptors (Lipinski definition) is 7. The van der Waals surface area contributed by atoms with E-state index in [1.165, 1.54) is 41.3 Å². The monoisotopic (exact) mass is 368 g/mol. The Hall–Kier alpha value is -3.08. The van der Waals surface area contributed by atoms with Crippen LogP contribution in [-0.2, 0) is 10.1 Å². The van der Waals surface area contributed by atoms with Crippen LogP contribution in [0.2, 0.25) is 0 Å². The van der Waals surface area contributed by atoms with Gasteiger partial charge in [0.1, 0.15) is 22.7 Å². The number of para-hydroxylation sites is 1. The van der Waals surface area contributed by atoms with E-state index in [1.807, 2.05) is 0 Å². The van der Waals surface area contributed by atoms with E-state index in [9.17, 15) is 17.2 Å². The first-order valence-electron chi connectivity index (χ1n) is 6.77. The third kappa shape index (κ3) is 3.88. The molecular formula is C14H10F2N4O4S. The molecule has 8 nitrogen and oxygen atoms in total. The molecule has 0 atom stereocenters. The molecule has 11 heteroatoms. The number of nitrogens with zero attached hydrogens (tertiary/aromatic N) is 4. The summed E-state index contributed by atoms with van der Waals surface area (Å²) in [5.41, 5.74) is 0.454. The minimum absolute atomic E-state index is 0.0418. The van der Waals surface area contributed by atoms with Gasteiger partial charge in [0.05, 0.1) is 5.69 Å². The molecule has 0 aliphatic carbocycles. The molecule has 0 bridgehead atoms. The number of alkyl halides is 2. The number of hydrogen-bond donors (Lipinski definition) is 0. The quantitative estimate of drug-likeness (QED) is 0.614. The van der Waals surface area contributed by atoms with E-state index >= 15 is 0 Å². The van der Waals surface area contributed by atoms with Gasteiger partial charge in [-0.05, 0) is 34.7 Å². The highest BCUT2D eigenvalue weighted by Gasteiger charge is 2.23. The van der Waals surface area contributed by atoms with Gasteiger partial charge in [0.15, 0.2) is 0 Å². The molecule has 1 heterocycles. The van der Waals surface area contributed by atoms with Crippen LogP contribution in [0.15, 0.2) is 59.8 Å². The molecule has 0 spiro atoms. The second-order valence-corrected chi connectivity index (χ2v) is 6.13. The van der Waals surface area contributed by atoms with Crippen molar-refractivity contribution in [1.82, 2.24) is 20.2 Å². The number of benzene rings is 2. The third-order valence-corrected chi connectivity index (χ3v) is 4.26. The summed E-state index contributed by atoms with van der Waals surface area (Å²) in [4.78, 5) is -0.511. The van der Waals surface area contributed by atoms with E-state index in [2.05, 4.69) is 20.3 Å². The maximum absolute atomic E-state index is 12.4. The van der Waals surface area contributed by atoms with Crippen molar-refractivity contribution in [3.05, 3.63) is 54.9 Å². The van der Waals surface area contributed by atoms with E-state index in [4.69, 9.17) is 4.18 Å². The summed E-state index contributed by atoms with van der Waals surface area (Å²) in [5, 5.41) is 10.6. The van der Waals surface area contributed by atoms with E-state index in [0.29, 0.717) is 5.69 Å². The Morgan fingerprint density at radius 2 is 1.88 bits per heavy atom. The van der Waals surface area contributed by atoms with Crippen LogP contribution in [-0.4, -0.2) is 35.2 Å². The summed E-state index contributed by atoms with van der Waals surface area (Å²) >= 11 is 0. The third-order valence-electron chi connectivity index (χ3n) is 2.97. The van der Waals surface area contributed by atoms with Gasteiger partial charge in [-0.3, -0.25) is 0 Å². The molecule has 0 aliphatic heterocycles. The number of rotatable bonds is 6. The largest absolute Gasteiger partial charge is 0.433 e. The van der Waals surface area contributed by atoms with Gasteiger partial charge >= 0.3 is 16.7 Å². The van der Waals surface area contributed by atoms with Crippen molar-refractivity contribution in [1.29, 1.82) is 0 Å². The first-order chi connectivity index (χ1) is 12.0. The molecule has 1 aromatic heterocycles. The SMILES string of the molecule is O=S(=O)(Oc1cccc(-n2cnnn2)c1)c1ccccc1OC(F)F. The van der Waals surface area contributed by atoms with Crippen molar-refractivity contribution in [2.75, 3.05) is 0 Å². The molecule has 0 saturated heterocycles. The normalized spacial score (nSPS) is 11.5. The second kappa shape index (κ2) is 6.81. The summed E-state index contributed by atoms with van der Waals surface area (Å²) in [6.45, 7) is -3.17. The van der Waals surface area contributed by atoms with Crippen LogP contribution in [0, 0.1) is 0 Å². The van der Waals surface area contributed by atoms with Gasteiger partial charge in [-0.1, -0.05) is 18.2 Å². The molecule has 0 amide bonds. The standard InChI is InChI=1S/C14H10F2N4O4S/c15-14(16)23-12-6-1-2-7-13(12)25(21,22)24-11-5-3-4-10(8-11)20-9-17-18-19-20/h1-9,14H. The summed E-state index contributed by atoms with van der Waals surface area (Å²) < 4.78 is 60.2. The molecule has 0 fully saturated rings. The zero-order chi connectivity index (χ0) is 17.9. The molecule has 0 radical (unpaired) electrons. The van der Waals surface area contributed by atoms with Gasteiger partial charge in [0.2, 0.25) is 0 Å². The lowest BCUT2D eigenvalue weighted by molar-refractivity contribution is -0.0517. The minimum atomic E-state index is -4.39. The Balaban J connectivity index is 1.91. The number of ether oxygens (including phenoxy) is 1. The average Bonchev–Trinajstić information content (AvgIpc) is 3.09. The minimum Gasteiger partial charge on any atom is -0.433 e. The van der Waals surface area contributed by atoms with Crippen molar-refractivity contribution in [2.45, 2.75) is 11.5 Å². The van der Waals surface area contributed by atoms with E-state index < -0.39 is 27.4 Å². The number of halogens is 2. The van der Waals surface area contributed by atoms with Gasteiger partial charge < -0.3 is 8.92 Å². The zero-order valence-corrected chi connectivity index (χ0v) is 13.2. The summed E-state index contributed by atoms with van der Waals surface area (Å²) in [6.07, 6.45) is 1.32. The van der Waals surface area contributed by atoms with Gasteiger partial charge in [-0.15, -0.1) is 5.10 Å². The first-order valence-corrected chi connectivity index (χ1v) is 8.18. The molecule has 3 aromatic rings. The lowest BCUT2D eigenvalue weighted by Gasteiger charge is -2.12. The smallest absolute Gasteiger partial charge is 0.387 e. The molecule has 0 N–H and O–H groups in total. The van der Waals surface area contributed by atoms with Crippen LogP contribution < -0.4 is 8.92 Å². The van der Waals surface area contributed by atoms with Crippen LogP contribution in [0.5, 0.6) is 11.5 Å². The number of aromatic nitrogens is 4. The highest BCUT2D eigenvalue weighted by Crippen LogP contribution is 2.28. The van der Waals surface area contributed by atoms with Crippen LogP contribution in [0.1, 0.15) is 0 Å². The summed E-state index contributed by atoms with van der Waals surface area (Å²) in [5.74, 6) is -0.547. The van der Waals surface area contributed by atoms with Gasteiger partial charge in [0, 0.05) is 6.07 Å². The molecular weight excluding hydrogens is 358 g/mol.